The van der Waals surface area contributed by atoms with Crippen LogP contribution >= 0.6 is 11.3 Å². The van der Waals surface area contributed by atoms with Crippen molar-refractivity contribution in [1.29, 1.82) is 5.26 Å². The Labute approximate surface area is 280 Å². The summed E-state index contributed by atoms with van der Waals surface area (Å²) in [6.07, 6.45) is 10.0. The van der Waals surface area contributed by atoms with Gasteiger partial charge in [0.15, 0.2) is 11.4 Å². The highest BCUT2D eigenvalue weighted by atomic mass is 32.1. The quantitative estimate of drug-likeness (QED) is 0.237. The number of nitrogens with one attached hydrogen (secondary N) is 1. The molecule has 0 radical (unpaired) electrons. The fourth-order valence-electron chi connectivity index (χ4n) is 6.92. The number of carbonyl (C=O) groups excluding carboxylic acids is 2. The number of aromatic nitrogens is 2. The second-order valence-electron chi connectivity index (χ2n) is 13.0. The number of nitriles is 1. The third kappa shape index (κ3) is 8.11. The Hall–Kier alpha value is -4.01. The van der Waals surface area contributed by atoms with Gasteiger partial charge in [-0.1, -0.05) is 12.1 Å². The molecule has 0 spiro atoms. The molecule has 10 nitrogen and oxygen atoms in total. The molecule has 2 amide bonds. The first kappa shape index (κ1) is 32.9. The minimum atomic E-state index is -0.524. The lowest BCUT2D eigenvalue weighted by Crippen LogP contribution is -2.42. The van der Waals surface area contributed by atoms with E-state index < -0.39 is 6.09 Å². The van der Waals surface area contributed by atoms with E-state index in [1.165, 1.54) is 17.8 Å². The van der Waals surface area contributed by atoms with Gasteiger partial charge < -0.3 is 24.8 Å². The third-order valence-corrected chi connectivity index (χ3v) is 11.0. The van der Waals surface area contributed by atoms with Crippen LogP contribution in [0.15, 0.2) is 42.6 Å². The second-order valence-corrected chi connectivity index (χ2v) is 14.0. The summed E-state index contributed by atoms with van der Waals surface area (Å²) in [7, 11) is 1.55. The molecule has 3 fully saturated rings. The molecule has 2 heterocycles. The van der Waals surface area contributed by atoms with Crippen LogP contribution in [-0.4, -0.2) is 60.0 Å². The van der Waals surface area contributed by atoms with Crippen LogP contribution in [0.4, 0.5) is 10.5 Å². The van der Waals surface area contributed by atoms with Crippen LogP contribution in [0.5, 0.6) is 5.75 Å². The maximum atomic E-state index is 14.3. The number of amides is 2. The van der Waals surface area contributed by atoms with Crippen LogP contribution in [0, 0.1) is 23.2 Å². The smallest absolute Gasteiger partial charge is 0.407 e. The van der Waals surface area contributed by atoms with E-state index >= 15 is 0 Å². The molecule has 11 heteroatoms. The van der Waals surface area contributed by atoms with Crippen molar-refractivity contribution < 1.29 is 24.2 Å². The van der Waals surface area contributed by atoms with E-state index in [-0.39, 0.29) is 37.0 Å². The Balaban J connectivity index is 1.16. The largest absolute Gasteiger partial charge is 0.494 e. The molecule has 0 atom stereocenters. The minimum absolute atomic E-state index is 0.130. The first-order valence-corrected chi connectivity index (χ1v) is 17.6. The molecule has 1 aromatic carbocycles. The molecule has 3 aliphatic carbocycles. The van der Waals surface area contributed by atoms with Gasteiger partial charge in [-0.25, -0.2) is 14.8 Å². The van der Waals surface area contributed by atoms with Crippen molar-refractivity contribution in [2.24, 2.45) is 11.8 Å². The van der Waals surface area contributed by atoms with Crippen molar-refractivity contribution in [2.45, 2.75) is 82.1 Å². The topological polar surface area (TPSA) is 138 Å². The van der Waals surface area contributed by atoms with Crippen LogP contribution in [0.25, 0.3) is 10.4 Å². The highest BCUT2D eigenvalue weighted by Crippen LogP contribution is 2.44. The Morgan fingerprint density at radius 3 is 2.51 bits per heavy atom. The molecule has 0 aliphatic heterocycles. The van der Waals surface area contributed by atoms with Crippen LogP contribution in [0.2, 0.25) is 0 Å². The zero-order chi connectivity index (χ0) is 32.8. The van der Waals surface area contributed by atoms with Crippen LogP contribution in [0.3, 0.4) is 0 Å². The predicted octanol–water partition coefficient (Wildman–Crippen LogP) is 6.55. The Morgan fingerprint density at radius 1 is 1.04 bits per heavy atom. The number of methoxy groups -OCH3 is 1. The number of benzene rings is 1. The van der Waals surface area contributed by atoms with E-state index in [4.69, 9.17) is 14.6 Å². The minimum Gasteiger partial charge on any atom is -0.494 e. The van der Waals surface area contributed by atoms with Crippen molar-refractivity contribution in [1.82, 2.24) is 15.3 Å². The maximum Gasteiger partial charge on any atom is 0.407 e. The zero-order valence-electron chi connectivity index (χ0n) is 26.9. The van der Waals surface area contributed by atoms with Gasteiger partial charge in [-0.2, -0.15) is 5.26 Å². The number of aliphatic hydroxyl groups excluding tert-OH is 1. The highest BCUT2D eigenvalue weighted by Gasteiger charge is 2.34. The number of aliphatic hydroxyl groups is 1. The van der Waals surface area contributed by atoms with Crippen LogP contribution < -0.4 is 15.0 Å². The Morgan fingerprint density at radius 2 is 1.81 bits per heavy atom. The number of hydrogen-bond acceptors (Lipinski definition) is 9. The summed E-state index contributed by atoms with van der Waals surface area (Å²) in [5.41, 5.74) is 3.24. The molecular weight excluding hydrogens is 614 g/mol. The van der Waals surface area contributed by atoms with Crippen molar-refractivity contribution in [2.75, 3.05) is 31.7 Å². The van der Waals surface area contributed by atoms with Gasteiger partial charge in [-0.3, -0.25) is 4.79 Å². The van der Waals surface area contributed by atoms with E-state index in [9.17, 15) is 14.9 Å². The monoisotopic (exact) mass is 657 g/mol. The Bertz CT molecular complexity index is 1580. The van der Waals surface area contributed by atoms with E-state index in [0.717, 1.165) is 47.5 Å². The average Bonchev–Trinajstić information content (AvgIpc) is 3.85. The summed E-state index contributed by atoms with van der Waals surface area (Å²) >= 11 is 1.75. The van der Waals surface area contributed by atoms with Crippen molar-refractivity contribution in [3.63, 3.8) is 0 Å². The molecule has 3 aromatic rings. The van der Waals surface area contributed by atoms with Crippen LogP contribution in [0.1, 0.15) is 92.4 Å². The highest BCUT2D eigenvalue weighted by molar-refractivity contribution is 7.15. The van der Waals surface area contributed by atoms with Crippen LogP contribution in [-0.2, 0) is 9.53 Å². The summed E-state index contributed by atoms with van der Waals surface area (Å²) in [6.45, 7) is 0.661. The predicted molar refractivity (Wildman–Crippen MR) is 179 cm³/mol. The van der Waals surface area contributed by atoms with Gasteiger partial charge in [0, 0.05) is 48.4 Å². The lowest BCUT2D eigenvalue weighted by atomic mass is 9.79. The zero-order valence-corrected chi connectivity index (χ0v) is 27.7. The molecule has 3 saturated carbocycles. The molecule has 6 rings (SSSR count). The third-order valence-electron chi connectivity index (χ3n) is 9.75. The van der Waals surface area contributed by atoms with Gasteiger partial charge in [-0.05, 0) is 100.0 Å². The molecule has 0 unspecified atom stereocenters. The van der Waals surface area contributed by atoms with Gasteiger partial charge in [0.1, 0.15) is 12.2 Å². The van der Waals surface area contributed by atoms with Gasteiger partial charge in [0.2, 0.25) is 5.91 Å². The number of thiazole rings is 1. The number of ether oxygens (including phenoxy) is 2. The number of anilines is 1. The van der Waals surface area contributed by atoms with Gasteiger partial charge >= 0.3 is 6.09 Å². The standard InChI is InChI=1S/C36H43N5O5S/c1-45-32-16-15-30(40-31(32)20-37)24-7-5-23(6-8-24)22-41(35(43)26-11-13-29(14-12-26)46-36(44)38-17-18-42)28-4-2-3-27(19-28)33-21-39-34(47-33)25-9-10-25/h2-4,15-16,19,21,23-26,29,42H,5-14,17-18,22H2,1H3,(H,38,44). The number of rotatable bonds is 11. The fourth-order valence-corrected chi connectivity index (χ4v) is 8.00. The lowest BCUT2D eigenvalue weighted by molar-refractivity contribution is -0.124. The molecule has 2 aromatic heterocycles. The molecular formula is C36H43N5O5S. The summed E-state index contributed by atoms with van der Waals surface area (Å²) in [5.74, 6) is 1.69. The van der Waals surface area contributed by atoms with Gasteiger partial charge in [0.25, 0.3) is 0 Å². The number of hydrogen-bond donors (Lipinski definition) is 2. The van der Waals surface area contributed by atoms with E-state index in [1.807, 2.05) is 35.4 Å². The van der Waals surface area contributed by atoms with Crippen molar-refractivity contribution in [3.8, 4) is 22.3 Å². The molecule has 0 saturated heterocycles. The Kier molecular flexibility index (Phi) is 10.7. The lowest BCUT2D eigenvalue weighted by Gasteiger charge is -2.36. The number of carbonyl (C=O) groups is 2. The molecule has 0 bridgehead atoms. The average molecular weight is 658 g/mol. The maximum absolute atomic E-state index is 14.3. The summed E-state index contributed by atoms with van der Waals surface area (Å²) in [6, 6.07) is 14.3. The molecule has 248 valence electrons. The number of alkyl carbamates (subject to hydrolysis) is 1. The molecule has 3 aliphatic rings. The summed E-state index contributed by atoms with van der Waals surface area (Å²) < 4.78 is 10.8. The summed E-state index contributed by atoms with van der Waals surface area (Å²) in [4.78, 5) is 38.8. The van der Waals surface area contributed by atoms with E-state index in [2.05, 4.69) is 33.5 Å². The number of nitrogens with zero attached hydrogens (tertiary/aromatic N) is 4. The summed E-state index contributed by atoms with van der Waals surface area (Å²) in [5, 5.41) is 22.2. The normalized spacial score (nSPS) is 22.6. The van der Waals surface area contributed by atoms with E-state index in [1.54, 1.807) is 18.4 Å². The van der Waals surface area contributed by atoms with Crippen molar-refractivity contribution in [3.05, 3.63) is 59.0 Å². The first-order valence-electron chi connectivity index (χ1n) is 16.8. The van der Waals surface area contributed by atoms with Crippen molar-refractivity contribution >= 4 is 29.0 Å². The molecule has 47 heavy (non-hydrogen) atoms. The first-order chi connectivity index (χ1) is 22.9. The number of pyridine rings is 1. The molecule has 2 N–H and O–H groups in total. The second kappa shape index (κ2) is 15.3. The van der Waals surface area contributed by atoms with Gasteiger partial charge in [0.05, 0.1) is 23.6 Å². The van der Waals surface area contributed by atoms with E-state index in [0.29, 0.717) is 55.5 Å². The fraction of sp³-hybridized carbons (Fsp3) is 0.528. The SMILES string of the molecule is COc1ccc(C2CCC(CN(C(=O)C3CCC(OC(=O)NCCO)CC3)c3cccc(-c4cnc(C5CC5)s4)c3)CC2)nc1C#N. The van der Waals surface area contributed by atoms with Gasteiger partial charge in [-0.15, -0.1) is 11.3 Å².